The monoisotopic (exact) mass is 467 g/mol. The molecule has 2 N–H and O–H groups in total. The van der Waals surface area contributed by atoms with Crippen LogP contribution in [0.4, 0.5) is 5.69 Å². The van der Waals surface area contributed by atoms with Gasteiger partial charge in [0.15, 0.2) is 11.5 Å². The minimum Gasteiger partial charge on any atom is -0.493 e. The highest BCUT2D eigenvalue weighted by molar-refractivity contribution is 5.81. The number of rotatable bonds is 6. The molecule has 4 aliphatic rings. The molecule has 10 heteroatoms. The predicted molar refractivity (Wildman–Crippen MR) is 122 cm³/mol. The first-order valence-corrected chi connectivity index (χ1v) is 11.4. The van der Waals surface area contributed by atoms with Crippen molar-refractivity contribution in [2.45, 2.75) is 38.5 Å². The van der Waals surface area contributed by atoms with Gasteiger partial charge in [0.25, 0.3) is 0 Å². The van der Waals surface area contributed by atoms with Gasteiger partial charge in [-0.1, -0.05) is 12.1 Å². The van der Waals surface area contributed by atoms with Crippen molar-refractivity contribution in [3.05, 3.63) is 60.4 Å². The summed E-state index contributed by atoms with van der Waals surface area (Å²) in [7, 11) is 1.46. The van der Waals surface area contributed by atoms with Crippen LogP contribution in [-0.2, 0) is 4.79 Å². The number of aromatic nitrogens is 2. The molecule has 178 valence electrons. The van der Waals surface area contributed by atoms with Gasteiger partial charge in [0.2, 0.25) is 0 Å². The first-order valence-electron chi connectivity index (χ1n) is 11.4. The van der Waals surface area contributed by atoms with E-state index in [0.29, 0.717) is 34.8 Å². The summed E-state index contributed by atoms with van der Waals surface area (Å²) in [6.07, 6.45) is 9.14. The van der Waals surface area contributed by atoms with E-state index in [2.05, 4.69) is 4.98 Å². The van der Waals surface area contributed by atoms with E-state index in [4.69, 9.17) is 9.47 Å². The molecule has 4 bridgehead atoms. The zero-order chi connectivity index (χ0) is 24.0. The van der Waals surface area contributed by atoms with Gasteiger partial charge in [0.1, 0.15) is 5.69 Å². The Bertz CT molecular complexity index is 1270. The highest BCUT2D eigenvalue weighted by atomic mass is 16.6. The van der Waals surface area contributed by atoms with Gasteiger partial charge in [0.05, 0.1) is 17.4 Å². The molecule has 4 fully saturated rings. The Morgan fingerprint density at radius 3 is 2.29 bits per heavy atom. The number of nitrogens with one attached hydrogen (secondary N) is 2. The van der Waals surface area contributed by atoms with Gasteiger partial charge in [0, 0.05) is 0 Å². The fourth-order valence-electron chi connectivity index (χ4n) is 6.42. The summed E-state index contributed by atoms with van der Waals surface area (Å²) in [5, 5.41) is 11.2. The molecule has 0 amide bonds. The van der Waals surface area contributed by atoms with E-state index >= 15 is 0 Å². The van der Waals surface area contributed by atoms with Crippen molar-refractivity contribution in [2.24, 2.45) is 23.2 Å². The summed E-state index contributed by atoms with van der Waals surface area (Å²) in [5.74, 6) is 2.33. The molecule has 1 aromatic carbocycles. The zero-order valence-electron chi connectivity index (χ0n) is 18.7. The molecule has 4 aliphatic carbocycles. The summed E-state index contributed by atoms with van der Waals surface area (Å²) in [6.45, 7) is 0. The molecule has 0 spiro atoms. The van der Waals surface area contributed by atoms with E-state index in [1.54, 1.807) is 18.2 Å². The topological polar surface area (TPSA) is 144 Å². The van der Waals surface area contributed by atoms with Gasteiger partial charge >= 0.3 is 22.9 Å². The molecule has 0 atom stereocenters. The van der Waals surface area contributed by atoms with Crippen LogP contribution < -0.4 is 20.7 Å². The van der Waals surface area contributed by atoms with Gasteiger partial charge in [-0.05, 0) is 80.1 Å². The molecule has 0 saturated heterocycles. The van der Waals surface area contributed by atoms with Crippen molar-refractivity contribution in [1.29, 1.82) is 0 Å². The SMILES string of the molecule is COc1cc(/C=C/c2[nH]c(=O)[nH]c(=O)c2[N+](=O)[O-])ccc1OC(=O)C12CC3CC(CC(C3)C1)C2. The molecule has 6 rings (SSSR count). The number of aromatic amines is 2. The normalized spacial score (nSPS) is 27.1. The Morgan fingerprint density at radius 1 is 1.06 bits per heavy atom. The fraction of sp³-hybridized carbons (Fsp3) is 0.458. The van der Waals surface area contributed by atoms with E-state index in [1.165, 1.54) is 38.5 Å². The molecule has 1 heterocycles. The summed E-state index contributed by atoms with van der Waals surface area (Å²) < 4.78 is 11.3. The third-order valence-electron chi connectivity index (χ3n) is 7.43. The number of H-pyrrole nitrogens is 2. The lowest BCUT2D eigenvalue weighted by Crippen LogP contribution is -2.51. The lowest BCUT2D eigenvalue weighted by molar-refractivity contribution is -0.386. The minimum atomic E-state index is -1.09. The molecule has 4 saturated carbocycles. The largest absolute Gasteiger partial charge is 0.493 e. The number of methoxy groups -OCH3 is 1. The van der Waals surface area contributed by atoms with Crippen LogP contribution >= 0.6 is 0 Å². The maximum absolute atomic E-state index is 13.3. The third-order valence-corrected chi connectivity index (χ3v) is 7.43. The number of nitrogens with zero attached hydrogens (tertiary/aromatic N) is 1. The van der Waals surface area contributed by atoms with Crippen molar-refractivity contribution in [1.82, 2.24) is 9.97 Å². The van der Waals surface area contributed by atoms with Crippen LogP contribution in [0, 0.1) is 33.3 Å². The third kappa shape index (κ3) is 3.93. The van der Waals surface area contributed by atoms with Gasteiger partial charge in [-0.15, -0.1) is 0 Å². The quantitative estimate of drug-likeness (QED) is 0.287. The number of hydrogen-bond acceptors (Lipinski definition) is 7. The van der Waals surface area contributed by atoms with Gasteiger partial charge < -0.3 is 14.5 Å². The van der Waals surface area contributed by atoms with E-state index < -0.39 is 27.3 Å². The molecular formula is C24H25N3O7. The summed E-state index contributed by atoms with van der Waals surface area (Å²) >= 11 is 0. The molecule has 2 aromatic rings. The summed E-state index contributed by atoms with van der Waals surface area (Å²) in [6, 6.07) is 4.90. The van der Waals surface area contributed by atoms with E-state index in [0.717, 1.165) is 19.3 Å². The van der Waals surface area contributed by atoms with Crippen LogP contribution in [-0.4, -0.2) is 28.0 Å². The maximum Gasteiger partial charge on any atom is 0.357 e. The highest BCUT2D eigenvalue weighted by Gasteiger charge is 2.55. The molecule has 0 aliphatic heterocycles. The van der Waals surface area contributed by atoms with Crippen molar-refractivity contribution < 1.29 is 19.2 Å². The van der Waals surface area contributed by atoms with Crippen LogP contribution in [0.15, 0.2) is 27.8 Å². The van der Waals surface area contributed by atoms with E-state index in [1.807, 2.05) is 4.98 Å². The van der Waals surface area contributed by atoms with Crippen LogP contribution in [0.5, 0.6) is 11.5 Å². The van der Waals surface area contributed by atoms with Crippen LogP contribution in [0.3, 0.4) is 0 Å². The van der Waals surface area contributed by atoms with Crippen molar-refractivity contribution in [2.75, 3.05) is 7.11 Å². The summed E-state index contributed by atoms with van der Waals surface area (Å²) in [4.78, 5) is 51.0. The molecule has 10 nitrogen and oxygen atoms in total. The Labute approximate surface area is 194 Å². The molecule has 0 unspecified atom stereocenters. The lowest BCUT2D eigenvalue weighted by Gasteiger charge is -2.55. The molecular weight excluding hydrogens is 442 g/mol. The van der Waals surface area contributed by atoms with Crippen molar-refractivity contribution in [3.8, 4) is 11.5 Å². The number of nitro groups is 1. The van der Waals surface area contributed by atoms with Crippen LogP contribution in [0.2, 0.25) is 0 Å². The minimum absolute atomic E-state index is 0.190. The van der Waals surface area contributed by atoms with Crippen LogP contribution in [0.1, 0.15) is 49.8 Å². The second kappa shape index (κ2) is 8.27. The average molecular weight is 467 g/mol. The van der Waals surface area contributed by atoms with Gasteiger partial charge in [-0.25, -0.2) is 4.79 Å². The average Bonchev–Trinajstić information content (AvgIpc) is 2.76. The molecule has 0 radical (unpaired) electrons. The van der Waals surface area contributed by atoms with Crippen molar-refractivity contribution in [3.63, 3.8) is 0 Å². The first-order chi connectivity index (χ1) is 16.3. The second-order valence-electron chi connectivity index (χ2n) is 9.76. The highest BCUT2D eigenvalue weighted by Crippen LogP contribution is 2.60. The second-order valence-corrected chi connectivity index (χ2v) is 9.76. The maximum atomic E-state index is 13.3. The van der Waals surface area contributed by atoms with Gasteiger partial charge in [-0.3, -0.25) is 24.7 Å². The first kappa shape index (κ1) is 22.1. The fourth-order valence-corrected chi connectivity index (χ4v) is 6.42. The molecule has 1 aromatic heterocycles. The number of carbonyl (C=O) groups excluding carboxylic acids is 1. The number of ether oxygens (including phenoxy) is 2. The Morgan fingerprint density at radius 2 is 1.71 bits per heavy atom. The summed E-state index contributed by atoms with van der Waals surface area (Å²) in [5.41, 5.74) is -2.75. The standard InChI is InChI=1S/C24H25N3O7/c1-33-19-9-13(2-4-17-20(27(31)32)21(28)26-23(30)25-17)3-5-18(19)34-22(29)24-10-14-6-15(11-24)8-16(7-14)12-24/h2-5,9,14-16H,6-8,10-12H2,1H3,(H2,25,26,28,30)/b4-2+. The lowest BCUT2D eigenvalue weighted by atomic mass is 9.49. The van der Waals surface area contributed by atoms with E-state index in [-0.39, 0.29) is 11.7 Å². The zero-order valence-corrected chi connectivity index (χ0v) is 18.7. The Hall–Kier alpha value is -3.69. The number of esters is 1. The number of benzene rings is 1. The Balaban J connectivity index is 1.38. The predicted octanol–water partition coefficient (Wildman–Crippen LogP) is 3.27. The smallest absolute Gasteiger partial charge is 0.357 e. The number of hydrogen-bond donors (Lipinski definition) is 2. The number of carbonyl (C=O) groups is 1. The van der Waals surface area contributed by atoms with Crippen LogP contribution in [0.25, 0.3) is 12.2 Å². The Kier molecular flexibility index (Phi) is 5.38. The van der Waals surface area contributed by atoms with Crippen molar-refractivity contribution >= 4 is 23.8 Å². The molecule has 34 heavy (non-hydrogen) atoms. The van der Waals surface area contributed by atoms with Gasteiger partial charge in [-0.2, -0.15) is 0 Å². The van der Waals surface area contributed by atoms with E-state index in [9.17, 15) is 24.5 Å².